The first-order valence-electron chi connectivity index (χ1n) is 4.35. The van der Waals surface area contributed by atoms with Gasteiger partial charge in [-0.25, -0.2) is 0 Å². The monoisotopic (exact) mass is 233 g/mol. The molecule has 0 aliphatic rings. The molecule has 0 aliphatic carbocycles. The molecule has 0 aliphatic heterocycles. The Morgan fingerprint density at radius 1 is 1.38 bits per heavy atom. The van der Waals surface area contributed by atoms with E-state index in [1.807, 2.05) is 0 Å². The topological polar surface area (TPSA) is 42.3 Å². The molecule has 0 amide bonds. The number of rotatable bonds is 4. The molecule has 1 aromatic carbocycles. The molecule has 88 valence electrons. The third-order valence-corrected chi connectivity index (χ3v) is 1.70. The number of halogens is 3. The standard InChI is InChI=1S/C10H10F3NO2/c1-15-6-9(14)7-3-2-4-8(5-7)16-10(11,12)13/h2-5,14H,6H2,1H3. The van der Waals surface area contributed by atoms with Gasteiger partial charge in [-0.1, -0.05) is 12.1 Å². The van der Waals surface area contributed by atoms with Crippen LogP contribution in [0.15, 0.2) is 24.3 Å². The highest BCUT2D eigenvalue weighted by Gasteiger charge is 2.31. The molecule has 0 heterocycles. The molecular formula is C10H10F3NO2. The lowest BCUT2D eigenvalue weighted by molar-refractivity contribution is -0.274. The molecule has 0 aromatic heterocycles. The summed E-state index contributed by atoms with van der Waals surface area (Å²) in [4.78, 5) is 0. The van der Waals surface area contributed by atoms with Crippen molar-refractivity contribution in [3.63, 3.8) is 0 Å². The fraction of sp³-hybridized carbons (Fsp3) is 0.300. The molecule has 0 spiro atoms. The van der Waals surface area contributed by atoms with Gasteiger partial charge in [0.15, 0.2) is 0 Å². The summed E-state index contributed by atoms with van der Waals surface area (Å²) in [5.41, 5.74) is 0.429. The Balaban J connectivity index is 2.83. The first-order valence-corrected chi connectivity index (χ1v) is 4.35. The lowest BCUT2D eigenvalue weighted by Gasteiger charge is -2.10. The van der Waals surface area contributed by atoms with Crippen LogP contribution in [0.2, 0.25) is 0 Å². The van der Waals surface area contributed by atoms with Crippen LogP contribution >= 0.6 is 0 Å². The van der Waals surface area contributed by atoms with Crippen LogP contribution in [0.1, 0.15) is 5.56 Å². The Morgan fingerprint density at radius 2 is 2.06 bits per heavy atom. The second kappa shape index (κ2) is 4.98. The van der Waals surface area contributed by atoms with Crippen molar-refractivity contribution < 1.29 is 22.6 Å². The van der Waals surface area contributed by atoms with Crippen molar-refractivity contribution in [1.82, 2.24) is 0 Å². The predicted octanol–water partition coefficient (Wildman–Crippen LogP) is 2.60. The van der Waals surface area contributed by atoms with Gasteiger partial charge in [0.1, 0.15) is 5.75 Å². The zero-order valence-corrected chi connectivity index (χ0v) is 8.47. The highest BCUT2D eigenvalue weighted by atomic mass is 19.4. The Hall–Kier alpha value is -1.56. The van der Waals surface area contributed by atoms with Crippen LogP contribution < -0.4 is 4.74 Å². The van der Waals surface area contributed by atoms with Gasteiger partial charge in [-0.2, -0.15) is 0 Å². The molecule has 1 aromatic rings. The van der Waals surface area contributed by atoms with Crippen LogP contribution in [0.3, 0.4) is 0 Å². The summed E-state index contributed by atoms with van der Waals surface area (Å²) in [5.74, 6) is -0.342. The van der Waals surface area contributed by atoms with Crippen molar-refractivity contribution >= 4 is 5.71 Å². The molecular weight excluding hydrogens is 223 g/mol. The number of ether oxygens (including phenoxy) is 2. The second-order valence-corrected chi connectivity index (χ2v) is 2.99. The first-order chi connectivity index (χ1) is 7.42. The average Bonchev–Trinajstić information content (AvgIpc) is 2.16. The number of nitrogens with one attached hydrogen (secondary N) is 1. The van der Waals surface area contributed by atoms with Gasteiger partial charge in [0.25, 0.3) is 0 Å². The van der Waals surface area contributed by atoms with Crippen LogP contribution in [0.4, 0.5) is 13.2 Å². The number of methoxy groups -OCH3 is 1. The van der Waals surface area contributed by atoms with Crippen LogP contribution in [-0.4, -0.2) is 25.8 Å². The molecule has 0 unspecified atom stereocenters. The van der Waals surface area contributed by atoms with Crippen molar-refractivity contribution in [2.24, 2.45) is 0 Å². The number of alkyl halides is 3. The van der Waals surface area contributed by atoms with E-state index < -0.39 is 6.36 Å². The van der Waals surface area contributed by atoms with Crippen molar-refractivity contribution in [2.45, 2.75) is 6.36 Å². The summed E-state index contributed by atoms with van der Waals surface area (Å²) in [6, 6.07) is 5.23. The van der Waals surface area contributed by atoms with Crippen molar-refractivity contribution in [3.8, 4) is 5.75 Å². The van der Waals surface area contributed by atoms with E-state index in [0.717, 1.165) is 6.07 Å². The minimum absolute atomic E-state index is 0.0372. The van der Waals surface area contributed by atoms with Gasteiger partial charge in [0, 0.05) is 12.7 Å². The zero-order chi connectivity index (χ0) is 12.2. The van der Waals surface area contributed by atoms with Gasteiger partial charge in [-0.3, -0.25) is 0 Å². The van der Waals surface area contributed by atoms with Crippen molar-refractivity contribution in [1.29, 1.82) is 5.41 Å². The quantitative estimate of drug-likeness (QED) is 0.812. The smallest absolute Gasteiger partial charge is 0.406 e. The average molecular weight is 233 g/mol. The molecule has 0 radical (unpaired) electrons. The van der Waals surface area contributed by atoms with E-state index in [-0.39, 0.29) is 18.1 Å². The van der Waals surface area contributed by atoms with E-state index in [9.17, 15) is 13.2 Å². The third-order valence-electron chi connectivity index (χ3n) is 1.70. The summed E-state index contributed by atoms with van der Waals surface area (Å²) in [6.45, 7) is 0.0372. The van der Waals surface area contributed by atoms with Gasteiger partial charge in [-0.15, -0.1) is 13.2 Å². The van der Waals surface area contributed by atoms with Crippen molar-refractivity contribution in [3.05, 3.63) is 29.8 Å². The van der Waals surface area contributed by atoms with Crippen LogP contribution in [0.25, 0.3) is 0 Å². The van der Waals surface area contributed by atoms with Gasteiger partial charge < -0.3 is 14.9 Å². The molecule has 0 saturated carbocycles. The normalized spacial score (nSPS) is 11.2. The summed E-state index contributed by atoms with van der Waals surface area (Å²) in [7, 11) is 1.41. The van der Waals surface area contributed by atoms with Crippen LogP contribution in [0.5, 0.6) is 5.75 Å². The van der Waals surface area contributed by atoms with E-state index >= 15 is 0 Å². The molecule has 0 fully saturated rings. The van der Waals surface area contributed by atoms with E-state index in [0.29, 0.717) is 5.56 Å². The highest BCUT2D eigenvalue weighted by Crippen LogP contribution is 2.23. The minimum atomic E-state index is -4.72. The Bertz CT molecular complexity index is 377. The van der Waals surface area contributed by atoms with E-state index in [1.54, 1.807) is 0 Å². The maximum Gasteiger partial charge on any atom is 0.573 e. The summed E-state index contributed by atoms with van der Waals surface area (Å²) < 4.78 is 44.2. The third kappa shape index (κ3) is 3.90. The number of hydrogen-bond donors (Lipinski definition) is 1. The fourth-order valence-electron chi connectivity index (χ4n) is 1.11. The number of hydrogen-bond acceptors (Lipinski definition) is 3. The second-order valence-electron chi connectivity index (χ2n) is 2.99. The predicted molar refractivity (Wildman–Crippen MR) is 51.8 cm³/mol. The maximum atomic E-state index is 11.9. The van der Waals surface area contributed by atoms with E-state index in [1.165, 1.54) is 25.3 Å². The molecule has 1 rings (SSSR count). The molecule has 16 heavy (non-hydrogen) atoms. The lowest BCUT2D eigenvalue weighted by atomic mass is 10.1. The SMILES string of the molecule is COCC(=N)c1cccc(OC(F)(F)F)c1. The molecule has 0 saturated heterocycles. The fourth-order valence-corrected chi connectivity index (χ4v) is 1.11. The van der Waals surface area contributed by atoms with Crippen molar-refractivity contribution in [2.75, 3.05) is 13.7 Å². The van der Waals surface area contributed by atoms with Gasteiger partial charge in [0.2, 0.25) is 0 Å². The Kier molecular flexibility index (Phi) is 3.89. The van der Waals surface area contributed by atoms with E-state index in [4.69, 9.17) is 10.1 Å². The van der Waals surface area contributed by atoms with E-state index in [2.05, 4.69) is 4.74 Å². The highest BCUT2D eigenvalue weighted by molar-refractivity contribution is 5.99. The first kappa shape index (κ1) is 12.5. The maximum absolute atomic E-state index is 11.9. The molecule has 1 N–H and O–H groups in total. The van der Waals surface area contributed by atoms with Gasteiger partial charge >= 0.3 is 6.36 Å². The lowest BCUT2D eigenvalue weighted by Crippen LogP contribution is -2.17. The molecule has 3 nitrogen and oxygen atoms in total. The van der Waals surface area contributed by atoms with Gasteiger partial charge in [-0.05, 0) is 12.1 Å². The Morgan fingerprint density at radius 3 is 2.62 bits per heavy atom. The molecule has 0 atom stereocenters. The minimum Gasteiger partial charge on any atom is -0.406 e. The zero-order valence-electron chi connectivity index (χ0n) is 8.47. The van der Waals surface area contributed by atoms with Crippen LogP contribution in [0, 0.1) is 5.41 Å². The molecule has 6 heteroatoms. The summed E-state index contributed by atoms with van der Waals surface area (Å²) >= 11 is 0. The largest absolute Gasteiger partial charge is 0.573 e. The van der Waals surface area contributed by atoms with Gasteiger partial charge in [0.05, 0.1) is 12.3 Å². The number of benzene rings is 1. The summed E-state index contributed by atoms with van der Waals surface area (Å²) in [6.07, 6.45) is -4.72. The molecule has 0 bridgehead atoms. The van der Waals surface area contributed by atoms with Crippen LogP contribution in [-0.2, 0) is 4.74 Å². The Labute approximate surface area is 90.3 Å². The summed E-state index contributed by atoms with van der Waals surface area (Å²) in [5, 5.41) is 7.50.